The van der Waals surface area contributed by atoms with Gasteiger partial charge in [-0.3, -0.25) is 4.79 Å². The van der Waals surface area contributed by atoms with Gasteiger partial charge in [0.1, 0.15) is 5.75 Å². The van der Waals surface area contributed by atoms with Crippen molar-refractivity contribution >= 4 is 15.8 Å². The van der Waals surface area contributed by atoms with Crippen molar-refractivity contribution in [3.63, 3.8) is 0 Å². The number of carbonyl (C=O) groups excluding carboxylic acids is 1. The van der Waals surface area contributed by atoms with Crippen LogP contribution < -0.4 is 5.73 Å². The molecule has 2 N–H and O–H groups in total. The van der Waals surface area contributed by atoms with Crippen LogP contribution in [0.25, 0.3) is 0 Å². The van der Waals surface area contributed by atoms with Gasteiger partial charge in [0, 0.05) is 6.04 Å². The van der Waals surface area contributed by atoms with Crippen molar-refractivity contribution < 1.29 is 17.9 Å². The van der Waals surface area contributed by atoms with Crippen LogP contribution in [0.3, 0.4) is 0 Å². The molecule has 118 valence electrons. The predicted octanol–water partition coefficient (Wildman–Crippen LogP) is 1.57. The van der Waals surface area contributed by atoms with E-state index in [1.54, 1.807) is 0 Å². The van der Waals surface area contributed by atoms with Crippen molar-refractivity contribution in [1.29, 1.82) is 0 Å². The lowest BCUT2D eigenvalue weighted by Crippen LogP contribution is -2.27. The number of hydrogen-bond donors (Lipinski definition) is 1. The Bertz CT molecular complexity index is 585. The molecule has 0 bridgehead atoms. The normalized spacial score (nSPS) is 13.8. The minimum atomic E-state index is -3.58. The highest BCUT2D eigenvalue weighted by molar-refractivity contribution is 7.92. The lowest BCUT2D eigenvalue weighted by atomic mass is 9.86. The monoisotopic (exact) mass is 313 g/mol. The fourth-order valence-corrected chi connectivity index (χ4v) is 3.23. The van der Waals surface area contributed by atoms with E-state index in [1.165, 1.54) is 0 Å². The molecule has 0 spiro atoms. The van der Waals surface area contributed by atoms with Crippen LogP contribution in [0.5, 0.6) is 0 Å². The van der Waals surface area contributed by atoms with Crippen molar-refractivity contribution in [2.24, 2.45) is 5.73 Å². The van der Waals surface area contributed by atoms with E-state index in [1.807, 2.05) is 24.3 Å². The summed E-state index contributed by atoms with van der Waals surface area (Å²) in [4.78, 5) is 11.1. The third kappa shape index (κ3) is 5.47. The van der Waals surface area contributed by atoms with Gasteiger partial charge in [-0.15, -0.1) is 0 Å². The van der Waals surface area contributed by atoms with Crippen molar-refractivity contribution in [3.8, 4) is 0 Å². The maximum absolute atomic E-state index is 11.8. The molecule has 21 heavy (non-hydrogen) atoms. The van der Waals surface area contributed by atoms with E-state index in [-0.39, 0.29) is 11.2 Å². The molecule has 0 aliphatic heterocycles. The van der Waals surface area contributed by atoms with Crippen LogP contribution in [0.4, 0.5) is 0 Å². The smallest absolute Gasteiger partial charge is 0.320 e. The second kappa shape index (κ2) is 6.58. The summed E-state index contributed by atoms with van der Waals surface area (Å²) < 4.78 is 28.0. The first-order valence-electron chi connectivity index (χ1n) is 6.68. The zero-order valence-corrected chi connectivity index (χ0v) is 13.7. The maximum Gasteiger partial charge on any atom is 0.320 e. The van der Waals surface area contributed by atoms with E-state index in [4.69, 9.17) is 5.73 Å². The van der Waals surface area contributed by atoms with E-state index in [2.05, 4.69) is 25.5 Å². The molecule has 0 saturated heterocycles. The van der Waals surface area contributed by atoms with E-state index in [0.29, 0.717) is 0 Å². The Labute approximate surface area is 126 Å². The van der Waals surface area contributed by atoms with Gasteiger partial charge in [0.15, 0.2) is 9.84 Å². The van der Waals surface area contributed by atoms with Crippen LogP contribution in [-0.4, -0.2) is 33.0 Å². The van der Waals surface area contributed by atoms with Crippen LogP contribution in [0, 0.1) is 0 Å². The summed E-state index contributed by atoms with van der Waals surface area (Å²) >= 11 is 0. The van der Waals surface area contributed by atoms with E-state index >= 15 is 0 Å². The second-order valence-electron chi connectivity index (χ2n) is 6.11. The molecule has 0 fully saturated rings. The summed E-state index contributed by atoms with van der Waals surface area (Å²) in [6.07, 6.45) is 0. The molecule has 0 aliphatic carbocycles. The highest BCUT2D eigenvalue weighted by atomic mass is 32.2. The Balaban J connectivity index is 2.80. The number of benzene rings is 1. The third-order valence-electron chi connectivity index (χ3n) is 3.20. The topological polar surface area (TPSA) is 86.5 Å². The average molecular weight is 313 g/mol. The molecule has 6 heteroatoms. The van der Waals surface area contributed by atoms with Crippen LogP contribution >= 0.6 is 0 Å². The second-order valence-corrected chi connectivity index (χ2v) is 8.22. The summed E-state index contributed by atoms with van der Waals surface area (Å²) in [5.74, 6) is -1.70. The third-order valence-corrected chi connectivity index (χ3v) is 4.75. The van der Waals surface area contributed by atoms with Gasteiger partial charge >= 0.3 is 5.97 Å². The van der Waals surface area contributed by atoms with Gasteiger partial charge in [-0.2, -0.15) is 0 Å². The minimum absolute atomic E-state index is 0.0274. The van der Waals surface area contributed by atoms with Crippen molar-refractivity contribution in [2.75, 3.05) is 18.6 Å². The Morgan fingerprint density at radius 3 is 2.19 bits per heavy atom. The summed E-state index contributed by atoms with van der Waals surface area (Å²) in [7, 11) is -2.42. The highest BCUT2D eigenvalue weighted by Gasteiger charge is 2.22. The Morgan fingerprint density at radius 1 is 1.24 bits per heavy atom. The first-order valence-corrected chi connectivity index (χ1v) is 8.50. The van der Waals surface area contributed by atoms with E-state index in [0.717, 1.165) is 18.2 Å². The SMILES string of the molecule is COC(=O)CS(=O)(=O)CC(N)c1ccc(C(C)(C)C)cc1. The molecule has 0 aromatic heterocycles. The number of esters is 1. The molecule has 1 unspecified atom stereocenters. The molecule has 0 saturated carbocycles. The number of methoxy groups -OCH3 is 1. The largest absolute Gasteiger partial charge is 0.468 e. The Morgan fingerprint density at radius 2 is 1.76 bits per heavy atom. The number of rotatable bonds is 5. The van der Waals surface area contributed by atoms with Gasteiger partial charge in [0.2, 0.25) is 0 Å². The molecule has 0 heterocycles. The van der Waals surface area contributed by atoms with Crippen LogP contribution in [0.15, 0.2) is 24.3 Å². The van der Waals surface area contributed by atoms with Gasteiger partial charge in [0.25, 0.3) is 0 Å². The minimum Gasteiger partial charge on any atom is -0.468 e. The zero-order chi connectivity index (χ0) is 16.3. The molecule has 0 radical (unpaired) electrons. The van der Waals surface area contributed by atoms with Crippen molar-refractivity contribution in [1.82, 2.24) is 0 Å². The number of ether oxygens (including phenoxy) is 1. The lowest BCUT2D eigenvalue weighted by molar-refractivity contribution is -0.137. The fraction of sp³-hybridized carbons (Fsp3) is 0.533. The van der Waals surface area contributed by atoms with Crippen LogP contribution in [0.2, 0.25) is 0 Å². The summed E-state index contributed by atoms with van der Waals surface area (Å²) in [6, 6.07) is 6.90. The maximum atomic E-state index is 11.8. The van der Waals surface area contributed by atoms with Gasteiger partial charge in [-0.05, 0) is 16.5 Å². The Hall–Kier alpha value is -1.40. The quantitative estimate of drug-likeness (QED) is 0.834. The molecule has 0 aliphatic rings. The molecular weight excluding hydrogens is 290 g/mol. The molecule has 5 nitrogen and oxygen atoms in total. The van der Waals surface area contributed by atoms with Gasteiger partial charge in [0.05, 0.1) is 12.9 Å². The molecule has 1 aromatic carbocycles. The molecular formula is C15H23NO4S. The summed E-state index contributed by atoms with van der Waals surface area (Å²) in [6.45, 7) is 6.30. The highest BCUT2D eigenvalue weighted by Crippen LogP contribution is 2.23. The van der Waals surface area contributed by atoms with Gasteiger partial charge < -0.3 is 10.5 Å². The molecule has 0 amide bonds. The number of hydrogen-bond acceptors (Lipinski definition) is 5. The summed E-state index contributed by atoms with van der Waals surface area (Å²) in [5.41, 5.74) is 7.84. The summed E-state index contributed by atoms with van der Waals surface area (Å²) in [5, 5.41) is 0. The standard InChI is InChI=1S/C15H23NO4S/c1-15(2,3)12-7-5-11(6-8-12)13(16)9-21(18,19)10-14(17)20-4/h5-8,13H,9-10,16H2,1-4H3. The van der Waals surface area contributed by atoms with Crippen molar-refractivity contribution in [2.45, 2.75) is 32.2 Å². The number of carbonyl (C=O) groups is 1. The molecule has 1 rings (SSSR count). The lowest BCUT2D eigenvalue weighted by Gasteiger charge is -2.20. The van der Waals surface area contributed by atoms with E-state index in [9.17, 15) is 13.2 Å². The average Bonchev–Trinajstić information content (AvgIpc) is 2.36. The van der Waals surface area contributed by atoms with Crippen LogP contribution in [0.1, 0.15) is 37.9 Å². The number of sulfone groups is 1. The Kier molecular flexibility index (Phi) is 5.53. The predicted molar refractivity (Wildman–Crippen MR) is 82.7 cm³/mol. The zero-order valence-electron chi connectivity index (χ0n) is 12.9. The fourth-order valence-electron chi connectivity index (χ4n) is 1.90. The molecule has 1 atom stereocenters. The van der Waals surface area contributed by atoms with Crippen LogP contribution in [-0.2, 0) is 24.8 Å². The van der Waals surface area contributed by atoms with Gasteiger partial charge in [-0.1, -0.05) is 45.0 Å². The number of nitrogens with two attached hydrogens (primary N) is 1. The van der Waals surface area contributed by atoms with Crippen molar-refractivity contribution in [3.05, 3.63) is 35.4 Å². The van der Waals surface area contributed by atoms with E-state index < -0.39 is 27.6 Å². The first kappa shape index (κ1) is 17.7. The van der Waals surface area contributed by atoms with Gasteiger partial charge in [-0.25, -0.2) is 8.42 Å². The molecule has 1 aromatic rings. The first-order chi connectivity index (χ1) is 9.55.